The summed E-state index contributed by atoms with van der Waals surface area (Å²) in [5.41, 5.74) is 0. The number of quaternary nitrogens is 1. The van der Waals surface area contributed by atoms with Gasteiger partial charge in [-0.1, -0.05) is 0 Å². The monoisotopic (exact) mass is 238 g/mol. The van der Waals surface area contributed by atoms with Gasteiger partial charge in [0.1, 0.15) is 13.1 Å². The molecule has 88 valence electrons. The lowest BCUT2D eigenvalue weighted by atomic mass is 10.4. The van der Waals surface area contributed by atoms with Crippen molar-refractivity contribution in [2.75, 3.05) is 26.1 Å². The van der Waals surface area contributed by atoms with Crippen LogP contribution in [-0.2, 0) is 23.9 Å². The quantitative estimate of drug-likeness (QED) is 0.509. The van der Waals surface area contributed by atoms with Crippen LogP contribution in [0.2, 0.25) is 0 Å². The molecule has 0 amide bonds. The highest BCUT2D eigenvalue weighted by molar-refractivity contribution is 7.85. The van der Waals surface area contributed by atoms with Crippen LogP contribution in [0.15, 0.2) is 0 Å². The Balaban J connectivity index is 2.61. The Morgan fingerprint density at radius 3 is 2.27 bits per heavy atom. The van der Waals surface area contributed by atoms with Crippen LogP contribution in [0, 0.1) is 0 Å². The van der Waals surface area contributed by atoms with E-state index in [1.54, 1.807) is 0 Å². The van der Waals surface area contributed by atoms with Crippen LogP contribution in [0.1, 0.15) is 19.8 Å². The van der Waals surface area contributed by atoms with E-state index < -0.39 is 16.1 Å². The van der Waals surface area contributed by atoms with Crippen molar-refractivity contribution in [1.29, 1.82) is 0 Å². The Morgan fingerprint density at radius 2 is 1.87 bits per heavy atom. The zero-order chi connectivity index (χ0) is 11.5. The number of rotatable bonds is 4. The Bertz CT molecular complexity index is 331. The first-order valence-corrected chi connectivity index (χ1v) is 6.55. The van der Waals surface area contributed by atoms with Gasteiger partial charge in [-0.05, 0) is 0 Å². The maximum Gasteiger partial charge on any atom is 0.363 e. The van der Waals surface area contributed by atoms with Gasteiger partial charge in [0.25, 0.3) is 10.1 Å². The fourth-order valence-corrected chi connectivity index (χ4v) is 2.01. The van der Waals surface area contributed by atoms with Crippen molar-refractivity contribution in [1.82, 2.24) is 0 Å². The lowest BCUT2D eigenvalue weighted by Crippen LogP contribution is -2.48. The van der Waals surface area contributed by atoms with Crippen molar-refractivity contribution in [3.63, 3.8) is 0 Å². The standard InChI is InChI=1S/C8H16NO5S/c1-8(10)14-9(5-3-4-6-9)7-13-15(2,11)12/h3-7H2,1-2H3/q+1. The minimum Gasteiger partial charge on any atom is -0.275 e. The topological polar surface area (TPSA) is 69.7 Å². The van der Waals surface area contributed by atoms with E-state index in [0.717, 1.165) is 19.1 Å². The second-order valence-electron chi connectivity index (χ2n) is 3.75. The van der Waals surface area contributed by atoms with E-state index in [4.69, 9.17) is 4.84 Å². The summed E-state index contributed by atoms with van der Waals surface area (Å²) in [6.07, 6.45) is 2.79. The molecule has 0 aliphatic carbocycles. The van der Waals surface area contributed by atoms with Crippen molar-refractivity contribution in [3.05, 3.63) is 0 Å². The van der Waals surface area contributed by atoms with Crippen molar-refractivity contribution >= 4 is 16.1 Å². The lowest BCUT2D eigenvalue weighted by Gasteiger charge is -2.28. The van der Waals surface area contributed by atoms with Crippen molar-refractivity contribution in [2.24, 2.45) is 0 Å². The number of likely N-dealkylation sites (tertiary alicyclic amines) is 1. The highest BCUT2D eigenvalue weighted by Gasteiger charge is 2.38. The molecule has 0 spiro atoms. The number of carbonyl (C=O) groups excluding carboxylic acids is 1. The maximum atomic E-state index is 10.9. The van der Waals surface area contributed by atoms with Crippen molar-refractivity contribution in [2.45, 2.75) is 19.8 Å². The van der Waals surface area contributed by atoms with E-state index in [-0.39, 0.29) is 11.4 Å². The van der Waals surface area contributed by atoms with Crippen LogP contribution < -0.4 is 0 Å². The molecule has 0 bridgehead atoms. The van der Waals surface area contributed by atoms with Crippen LogP contribution >= 0.6 is 0 Å². The summed E-state index contributed by atoms with van der Waals surface area (Å²) >= 11 is 0. The van der Waals surface area contributed by atoms with Gasteiger partial charge in [0, 0.05) is 19.8 Å². The SMILES string of the molecule is CC(=O)O[N+]1(COS(C)(=O)=O)CCCC1. The third kappa shape index (κ3) is 4.15. The number of carbonyl (C=O) groups is 1. The van der Waals surface area contributed by atoms with E-state index in [1.807, 2.05) is 0 Å². The number of hydrogen-bond donors (Lipinski definition) is 0. The molecule has 1 aliphatic rings. The Morgan fingerprint density at radius 1 is 1.33 bits per heavy atom. The molecule has 1 fully saturated rings. The Kier molecular flexibility index (Phi) is 3.69. The highest BCUT2D eigenvalue weighted by atomic mass is 32.2. The molecule has 0 saturated carbocycles. The van der Waals surface area contributed by atoms with E-state index in [1.165, 1.54) is 6.92 Å². The average Bonchev–Trinajstić information content (AvgIpc) is 2.48. The Labute approximate surface area is 89.4 Å². The second kappa shape index (κ2) is 4.46. The molecule has 1 rings (SSSR count). The van der Waals surface area contributed by atoms with E-state index in [9.17, 15) is 13.2 Å². The van der Waals surface area contributed by atoms with E-state index in [0.29, 0.717) is 13.1 Å². The van der Waals surface area contributed by atoms with Crippen LogP contribution in [0.25, 0.3) is 0 Å². The minimum atomic E-state index is -3.49. The molecule has 6 nitrogen and oxygen atoms in total. The largest absolute Gasteiger partial charge is 0.363 e. The molecule has 0 N–H and O–H groups in total. The summed E-state index contributed by atoms with van der Waals surface area (Å²) in [6, 6.07) is 0. The predicted molar refractivity (Wildman–Crippen MR) is 51.8 cm³/mol. The van der Waals surface area contributed by atoms with Crippen molar-refractivity contribution < 1.29 is 26.9 Å². The smallest absolute Gasteiger partial charge is 0.275 e. The lowest BCUT2D eigenvalue weighted by molar-refractivity contribution is -1.09. The zero-order valence-corrected chi connectivity index (χ0v) is 9.75. The molecule has 0 aromatic carbocycles. The van der Waals surface area contributed by atoms with Gasteiger partial charge in [0.2, 0.25) is 6.73 Å². The molecular formula is C8H16NO5S+. The fourth-order valence-electron chi connectivity index (χ4n) is 1.62. The summed E-state index contributed by atoms with van der Waals surface area (Å²) in [5.74, 6) is -0.422. The minimum absolute atomic E-state index is 0.0393. The first-order chi connectivity index (χ1) is 6.83. The van der Waals surface area contributed by atoms with E-state index in [2.05, 4.69) is 4.18 Å². The van der Waals surface area contributed by atoms with Gasteiger partial charge >= 0.3 is 5.97 Å². The van der Waals surface area contributed by atoms with Crippen LogP contribution in [0.5, 0.6) is 0 Å². The fraction of sp³-hybridized carbons (Fsp3) is 0.875. The van der Waals surface area contributed by atoms with Crippen LogP contribution in [0.4, 0.5) is 0 Å². The number of nitrogens with zero attached hydrogens (tertiary/aromatic N) is 1. The number of hydrogen-bond acceptors (Lipinski definition) is 5. The van der Waals surface area contributed by atoms with E-state index >= 15 is 0 Å². The van der Waals surface area contributed by atoms with Crippen LogP contribution in [-0.4, -0.2) is 45.1 Å². The summed E-state index contributed by atoms with van der Waals surface area (Å²) in [7, 11) is -3.49. The van der Waals surface area contributed by atoms with Gasteiger partial charge in [-0.15, -0.1) is 4.65 Å². The normalized spacial score (nSPS) is 20.1. The molecule has 1 saturated heterocycles. The molecule has 0 unspecified atom stereocenters. The van der Waals surface area contributed by atoms with Crippen LogP contribution in [0.3, 0.4) is 0 Å². The Hall–Kier alpha value is -0.660. The summed E-state index contributed by atoms with van der Waals surface area (Å²) in [4.78, 5) is 16.0. The zero-order valence-electron chi connectivity index (χ0n) is 8.93. The molecule has 1 aliphatic heterocycles. The summed E-state index contributed by atoms with van der Waals surface area (Å²) < 4.78 is 26.3. The molecule has 1 heterocycles. The summed E-state index contributed by atoms with van der Waals surface area (Å²) in [5, 5.41) is 0. The number of hydroxylamine groups is 3. The molecule has 15 heavy (non-hydrogen) atoms. The second-order valence-corrected chi connectivity index (χ2v) is 5.39. The van der Waals surface area contributed by atoms with Gasteiger partial charge in [0.15, 0.2) is 0 Å². The van der Waals surface area contributed by atoms with Gasteiger partial charge in [-0.2, -0.15) is 8.42 Å². The molecule has 0 aromatic rings. The highest BCUT2D eigenvalue weighted by Crippen LogP contribution is 2.20. The van der Waals surface area contributed by atoms with Gasteiger partial charge in [-0.25, -0.2) is 8.98 Å². The molecule has 0 atom stereocenters. The molecular weight excluding hydrogens is 222 g/mol. The van der Waals surface area contributed by atoms with Gasteiger partial charge in [0.05, 0.1) is 6.26 Å². The third-order valence-corrected chi connectivity index (χ3v) is 2.74. The van der Waals surface area contributed by atoms with Crippen molar-refractivity contribution in [3.8, 4) is 0 Å². The first kappa shape index (κ1) is 12.4. The predicted octanol–water partition coefficient (Wildman–Crippen LogP) is 0.00880. The average molecular weight is 238 g/mol. The third-order valence-electron chi connectivity index (χ3n) is 2.21. The molecule has 0 radical (unpaired) electrons. The first-order valence-electron chi connectivity index (χ1n) is 4.74. The van der Waals surface area contributed by atoms with Gasteiger partial charge in [-0.3, -0.25) is 4.84 Å². The maximum absolute atomic E-state index is 10.9. The summed E-state index contributed by atoms with van der Waals surface area (Å²) in [6.45, 7) is 2.39. The molecule has 0 aromatic heterocycles. The molecule has 7 heteroatoms. The van der Waals surface area contributed by atoms with Gasteiger partial charge < -0.3 is 0 Å².